The van der Waals surface area contributed by atoms with E-state index in [1.165, 1.54) is 0 Å². The number of ether oxygens (including phenoxy) is 2. The average molecular weight is 447 g/mol. The molecule has 2 heterocycles. The highest BCUT2D eigenvalue weighted by Crippen LogP contribution is 2.35. The molecule has 8 nitrogen and oxygen atoms in total. The number of rotatable bonds is 7. The van der Waals surface area contributed by atoms with Crippen molar-refractivity contribution in [2.24, 2.45) is 0 Å². The summed E-state index contributed by atoms with van der Waals surface area (Å²) in [6.45, 7) is 2.61. The number of imidazole rings is 1. The van der Waals surface area contributed by atoms with E-state index in [2.05, 4.69) is 4.98 Å². The maximum Gasteiger partial charge on any atom is 0.171 e. The van der Waals surface area contributed by atoms with Crippen LogP contribution < -0.4 is 4.74 Å². The molecule has 1 aliphatic heterocycles. The van der Waals surface area contributed by atoms with E-state index >= 15 is 0 Å². The first-order valence-corrected chi connectivity index (χ1v) is 11.0. The largest absolute Gasteiger partial charge is 0.494 e. The molecule has 0 spiro atoms. The van der Waals surface area contributed by atoms with Crippen molar-refractivity contribution < 1.29 is 29.9 Å². The SMILES string of the molecule is CCOc1ccc(Cn2c(SC3OC(CO)C(O)C(O)C3O)nc3ccccc32)cc1. The molecule has 1 fully saturated rings. The number of aliphatic hydroxyl groups is 4. The summed E-state index contributed by atoms with van der Waals surface area (Å²) < 4.78 is 13.2. The summed E-state index contributed by atoms with van der Waals surface area (Å²) >= 11 is 1.15. The van der Waals surface area contributed by atoms with Crippen molar-refractivity contribution >= 4 is 22.8 Å². The summed E-state index contributed by atoms with van der Waals surface area (Å²) in [5, 5.41) is 40.6. The Hall–Kier alpha value is -2.14. The Balaban J connectivity index is 1.63. The molecule has 0 aliphatic carbocycles. The third-order valence-corrected chi connectivity index (χ3v) is 6.41. The zero-order chi connectivity index (χ0) is 22.0. The second kappa shape index (κ2) is 9.56. The first kappa shape index (κ1) is 22.1. The topological polar surface area (TPSA) is 117 Å². The summed E-state index contributed by atoms with van der Waals surface area (Å²) in [5.74, 6) is 0.803. The number of aliphatic hydroxyl groups excluding tert-OH is 4. The van der Waals surface area contributed by atoms with E-state index in [4.69, 9.17) is 9.47 Å². The maximum atomic E-state index is 10.4. The second-order valence-electron chi connectivity index (χ2n) is 7.36. The normalized spacial score (nSPS) is 26.3. The van der Waals surface area contributed by atoms with E-state index < -0.39 is 36.5 Å². The fraction of sp³-hybridized carbons (Fsp3) is 0.409. The third kappa shape index (κ3) is 4.57. The van der Waals surface area contributed by atoms with E-state index in [-0.39, 0.29) is 0 Å². The summed E-state index contributed by atoms with van der Waals surface area (Å²) in [6.07, 6.45) is -5.10. The van der Waals surface area contributed by atoms with Crippen molar-refractivity contribution in [1.29, 1.82) is 0 Å². The molecular weight excluding hydrogens is 420 g/mol. The number of benzene rings is 2. The average Bonchev–Trinajstić information content (AvgIpc) is 3.12. The molecule has 0 amide bonds. The molecule has 4 rings (SSSR count). The fourth-order valence-corrected chi connectivity index (χ4v) is 4.75. The molecule has 1 saturated heterocycles. The van der Waals surface area contributed by atoms with Crippen LogP contribution in [0, 0.1) is 0 Å². The Bertz CT molecular complexity index is 1010. The molecule has 166 valence electrons. The number of hydrogen-bond donors (Lipinski definition) is 4. The highest BCUT2D eigenvalue weighted by molar-refractivity contribution is 7.99. The van der Waals surface area contributed by atoms with Gasteiger partial charge in [0, 0.05) is 0 Å². The fourth-order valence-electron chi connectivity index (χ4n) is 3.61. The van der Waals surface area contributed by atoms with Gasteiger partial charge in [-0.05, 0) is 36.8 Å². The second-order valence-corrected chi connectivity index (χ2v) is 8.43. The lowest BCUT2D eigenvalue weighted by Gasteiger charge is -2.39. The summed E-state index contributed by atoms with van der Waals surface area (Å²) in [6, 6.07) is 15.5. The van der Waals surface area contributed by atoms with Crippen molar-refractivity contribution in [2.75, 3.05) is 13.2 Å². The Morgan fingerprint density at radius 1 is 1.03 bits per heavy atom. The van der Waals surface area contributed by atoms with Gasteiger partial charge in [-0.25, -0.2) is 4.98 Å². The van der Waals surface area contributed by atoms with Crippen molar-refractivity contribution in [2.45, 2.75) is 48.5 Å². The number of hydrogen-bond acceptors (Lipinski definition) is 8. The molecule has 1 aromatic heterocycles. The molecule has 2 aromatic carbocycles. The van der Waals surface area contributed by atoms with Crippen LogP contribution in [0.1, 0.15) is 12.5 Å². The van der Waals surface area contributed by atoms with Gasteiger partial charge in [-0.2, -0.15) is 0 Å². The van der Waals surface area contributed by atoms with Crippen LogP contribution in [0.3, 0.4) is 0 Å². The van der Waals surface area contributed by atoms with E-state index in [1.807, 2.05) is 60.0 Å². The minimum atomic E-state index is -1.42. The van der Waals surface area contributed by atoms with Crippen LogP contribution in [-0.2, 0) is 11.3 Å². The van der Waals surface area contributed by atoms with Crippen LogP contribution >= 0.6 is 11.8 Å². The first-order chi connectivity index (χ1) is 15.0. The lowest BCUT2D eigenvalue weighted by Crippen LogP contribution is -2.57. The number of nitrogens with zero attached hydrogens (tertiary/aromatic N) is 2. The van der Waals surface area contributed by atoms with Crippen LogP contribution in [0.25, 0.3) is 11.0 Å². The van der Waals surface area contributed by atoms with Gasteiger partial charge in [0.05, 0.1) is 30.8 Å². The Morgan fingerprint density at radius 2 is 1.77 bits per heavy atom. The lowest BCUT2D eigenvalue weighted by atomic mass is 10.0. The zero-order valence-corrected chi connectivity index (χ0v) is 17.9. The van der Waals surface area contributed by atoms with Crippen LogP contribution in [0.2, 0.25) is 0 Å². The number of thioether (sulfide) groups is 1. The lowest BCUT2D eigenvalue weighted by molar-refractivity contribution is -0.205. The molecular formula is C22H26N2O6S. The highest BCUT2D eigenvalue weighted by Gasteiger charge is 2.44. The third-order valence-electron chi connectivity index (χ3n) is 5.26. The van der Waals surface area contributed by atoms with Crippen molar-refractivity contribution in [3.8, 4) is 5.75 Å². The molecule has 1 aliphatic rings. The quantitative estimate of drug-likeness (QED) is 0.430. The zero-order valence-electron chi connectivity index (χ0n) is 17.0. The first-order valence-electron chi connectivity index (χ1n) is 10.2. The van der Waals surface area contributed by atoms with Crippen LogP contribution in [-0.4, -0.2) is 73.0 Å². The van der Waals surface area contributed by atoms with Gasteiger partial charge in [0.25, 0.3) is 0 Å². The molecule has 31 heavy (non-hydrogen) atoms. The van der Waals surface area contributed by atoms with Gasteiger partial charge < -0.3 is 34.5 Å². The van der Waals surface area contributed by atoms with Crippen LogP contribution in [0.5, 0.6) is 5.75 Å². The van der Waals surface area contributed by atoms with Gasteiger partial charge in [0.1, 0.15) is 35.6 Å². The molecule has 5 unspecified atom stereocenters. The molecule has 5 atom stereocenters. The summed E-state index contributed by atoms with van der Waals surface area (Å²) in [4.78, 5) is 4.68. The highest BCUT2D eigenvalue weighted by atomic mass is 32.2. The molecule has 4 N–H and O–H groups in total. The molecule has 0 saturated carbocycles. The van der Waals surface area contributed by atoms with E-state index in [1.54, 1.807) is 0 Å². The van der Waals surface area contributed by atoms with Gasteiger partial charge in [-0.3, -0.25) is 0 Å². The Morgan fingerprint density at radius 3 is 2.48 bits per heavy atom. The van der Waals surface area contributed by atoms with Crippen molar-refractivity contribution in [1.82, 2.24) is 9.55 Å². The number of aromatic nitrogens is 2. The van der Waals surface area contributed by atoms with Crippen LogP contribution in [0.4, 0.5) is 0 Å². The molecule has 0 bridgehead atoms. The summed E-state index contributed by atoms with van der Waals surface area (Å²) in [5.41, 5.74) is 1.86. The molecule has 9 heteroatoms. The predicted octanol–water partition coefficient (Wildman–Crippen LogP) is 1.38. The Labute approximate surface area is 184 Å². The van der Waals surface area contributed by atoms with Gasteiger partial charge in [-0.15, -0.1) is 0 Å². The Kier molecular flexibility index (Phi) is 6.80. The minimum absolute atomic E-state index is 0.468. The minimum Gasteiger partial charge on any atom is -0.494 e. The molecule has 0 radical (unpaired) electrons. The van der Waals surface area contributed by atoms with Gasteiger partial charge >= 0.3 is 0 Å². The van der Waals surface area contributed by atoms with E-state index in [0.29, 0.717) is 18.3 Å². The van der Waals surface area contributed by atoms with Gasteiger partial charge in [0.2, 0.25) is 0 Å². The standard InChI is InChI=1S/C22H26N2O6S/c1-2-29-14-9-7-13(8-10-14)11-24-16-6-4-3-5-15(16)23-22(24)31-21-20(28)19(27)18(26)17(12-25)30-21/h3-10,17-21,25-28H,2,11-12H2,1H3. The number of para-hydroxylation sites is 2. The molecule has 3 aromatic rings. The van der Waals surface area contributed by atoms with Gasteiger partial charge in [0.15, 0.2) is 5.16 Å². The van der Waals surface area contributed by atoms with Crippen molar-refractivity contribution in [3.05, 3.63) is 54.1 Å². The number of fused-ring (bicyclic) bond motifs is 1. The van der Waals surface area contributed by atoms with E-state index in [0.717, 1.165) is 34.1 Å². The maximum absolute atomic E-state index is 10.4. The van der Waals surface area contributed by atoms with E-state index in [9.17, 15) is 20.4 Å². The smallest absolute Gasteiger partial charge is 0.171 e. The van der Waals surface area contributed by atoms with Gasteiger partial charge in [-0.1, -0.05) is 36.0 Å². The predicted molar refractivity (Wildman–Crippen MR) is 116 cm³/mol. The monoisotopic (exact) mass is 446 g/mol. The van der Waals surface area contributed by atoms with Crippen LogP contribution in [0.15, 0.2) is 53.7 Å². The summed E-state index contributed by atoms with van der Waals surface area (Å²) in [7, 11) is 0. The van der Waals surface area contributed by atoms with Crippen molar-refractivity contribution in [3.63, 3.8) is 0 Å².